The van der Waals surface area contributed by atoms with Crippen LogP contribution in [0.5, 0.6) is 0 Å². The van der Waals surface area contributed by atoms with Crippen LogP contribution in [0.3, 0.4) is 0 Å². The van der Waals surface area contributed by atoms with Gasteiger partial charge in [-0.3, -0.25) is 0 Å². The summed E-state index contributed by atoms with van der Waals surface area (Å²) in [5.41, 5.74) is 0. The molecule has 0 amide bonds. The van der Waals surface area contributed by atoms with Gasteiger partial charge in [-0.2, -0.15) is 0 Å². The molecule has 0 aromatic heterocycles. The quantitative estimate of drug-likeness (QED) is 0.633. The van der Waals surface area contributed by atoms with Gasteiger partial charge in [0.2, 0.25) is 0 Å². The van der Waals surface area contributed by atoms with Crippen LogP contribution in [0.4, 0.5) is 0 Å². The summed E-state index contributed by atoms with van der Waals surface area (Å²) in [6, 6.07) is 0. The molecule has 0 unspecified atom stereocenters. The zero-order valence-electron chi connectivity index (χ0n) is 10.7. The number of nitrogens with zero attached hydrogens (tertiary/aromatic N) is 1. The first kappa shape index (κ1) is 15.2. The zero-order chi connectivity index (χ0) is 11.7. The van der Waals surface area contributed by atoms with E-state index in [1.54, 1.807) is 0 Å². The van der Waals surface area contributed by atoms with Crippen molar-refractivity contribution in [1.82, 2.24) is 0 Å². The second-order valence-electron chi connectivity index (χ2n) is 4.48. The van der Waals surface area contributed by atoms with E-state index in [9.17, 15) is 5.26 Å². The first-order chi connectivity index (χ1) is 7.10. The van der Waals surface area contributed by atoms with Gasteiger partial charge in [-0.05, 0) is 0 Å². The molecule has 0 bridgehead atoms. The molecule has 0 heterocycles. The van der Waals surface area contributed by atoms with Crippen LogP contribution in [0.25, 0.3) is 0 Å². The third-order valence-electron chi connectivity index (χ3n) is 2.53. The summed E-state index contributed by atoms with van der Waals surface area (Å²) < 4.78 is 10.8. The Labute approximate surface area is 99.4 Å². The summed E-state index contributed by atoms with van der Waals surface area (Å²) in [5.74, 6) is 0. The van der Waals surface area contributed by atoms with Crippen LogP contribution in [0, 0.1) is 9.35 Å². The molecular formula is C12H25NOSn. The molecule has 0 saturated carbocycles. The predicted molar refractivity (Wildman–Crippen MR) is 67.0 cm³/mol. The van der Waals surface area contributed by atoms with Gasteiger partial charge in [0.05, 0.1) is 0 Å². The Hall–Kier alpha value is 0.249. The standard InChI is InChI=1S/2C4H9.C3H7O.CN.Sn/c2*1-3-4-2;1-3(2)4;1-2;/h2*1,3-4H2,2H3;3H,1-2H3;;/q;;-1;;+1. The van der Waals surface area contributed by atoms with Crippen molar-refractivity contribution in [3.05, 3.63) is 0 Å². The van der Waals surface area contributed by atoms with E-state index in [-0.39, 0.29) is 6.10 Å². The Bertz CT molecular complexity index is 190. The van der Waals surface area contributed by atoms with Gasteiger partial charge in [0.1, 0.15) is 0 Å². The molecule has 15 heavy (non-hydrogen) atoms. The molecule has 0 saturated heterocycles. The van der Waals surface area contributed by atoms with Crippen LogP contribution in [0.1, 0.15) is 53.4 Å². The van der Waals surface area contributed by atoms with Gasteiger partial charge in [0.15, 0.2) is 0 Å². The van der Waals surface area contributed by atoms with E-state index in [1.165, 1.54) is 25.7 Å². The minimum absolute atomic E-state index is 0.231. The van der Waals surface area contributed by atoms with E-state index in [0.717, 1.165) is 8.87 Å². The Morgan fingerprint density at radius 3 is 1.87 bits per heavy atom. The molecule has 0 aliphatic rings. The Morgan fingerprint density at radius 2 is 1.60 bits per heavy atom. The molecule has 88 valence electrons. The SMILES string of the molecule is CCC[CH2][Sn]([C]#N)([CH2]CCC)[O]C(C)C. The van der Waals surface area contributed by atoms with Gasteiger partial charge >= 0.3 is 99.6 Å². The van der Waals surface area contributed by atoms with Crippen molar-refractivity contribution >= 4 is 18.8 Å². The van der Waals surface area contributed by atoms with Gasteiger partial charge in [-0.25, -0.2) is 0 Å². The summed E-state index contributed by atoms with van der Waals surface area (Å²) in [5, 5.41) is 9.40. The first-order valence-electron chi connectivity index (χ1n) is 6.19. The van der Waals surface area contributed by atoms with Gasteiger partial charge in [0, 0.05) is 0 Å². The fourth-order valence-electron chi connectivity index (χ4n) is 1.76. The van der Waals surface area contributed by atoms with E-state index in [0.29, 0.717) is 0 Å². The minimum atomic E-state index is -2.86. The van der Waals surface area contributed by atoms with Gasteiger partial charge < -0.3 is 0 Å². The molecule has 0 radical (unpaired) electrons. The Kier molecular flexibility index (Phi) is 8.55. The van der Waals surface area contributed by atoms with Crippen molar-refractivity contribution in [2.24, 2.45) is 0 Å². The van der Waals surface area contributed by atoms with E-state index in [2.05, 4.69) is 31.8 Å². The molecule has 0 aliphatic carbocycles. The molecule has 2 nitrogen and oxygen atoms in total. The molecule has 0 rings (SSSR count). The van der Waals surface area contributed by atoms with Crippen LogP contribution in [-0.4, -0.2) is 24.9 Å². The van der Waals surface area contributed by atoms with Gasteiger partial charge in [0.25, 0.3) is 0 Å². The van der Waals surface area contributed by atoms with Crippen molar-refractivity contribution in [1.29, 1.82) is 5.26 Å². The third-order valence-corrected chi connectivity index (χ3v) is 13.0. The molecule has 3 heteroatoms. The van der Waals surface area contributed by atoms with Crippen LogP contribution in [0.15, 0.2) is 0 Å². The molecule has 0 fully saturated rings. The molecule has 0 atom stereocenters. The van der Waals surface area contributed by atoms with Crippen LogP contribution in [0.2, 0.25) is 8.87 Å². The van der Waals surface area contributed by atoms with Gasteiger partial charge in [-0.15, -0.1) is 0 Å². The predicted octanol–water partition coefficient (Wildman–Crippen LogP) is 4.02. The normalized spacial score (nSPS) is 11.7. The molecule has 0 aliphatic heterocycles. The van der Waals surface area contributed by atoms with E-state index in [1.807, 2.05) is 0 Å². The molecule has 0 spiro atoms. The van der Waals surface area contributed by atoms with Gasteiger partial charge in [-0.1, -0.05) is 0 Å². The molecule has 0 aromatic carbocycles. The summed E-state index contributed by atoms with van der Waals surface area (Å²) in [4.78, 5) is 0. The molecule has 0 aromatic rings. The fraction of sp³-hybridized carbons (Fsp3) is 0.917. The summed E-state index contributed by atoms with van der Waals surface area (Å²) in [6.07, 6.45) is 4.91. The fourth-order valence-corrected chi connectivity index (χ4v) is 11.8. The molecular weight excluding hydrogens is 293 g/mol. The Morgan fingerprint density at radius 1 is 1.13 bits per heavy atom. The van der Waals surface area contributed by atoms with Crippen LogP contribution in [-0.2, 0) is 3.07 Å². The third kappa shape index (κ3) is 6.42. The maximum atomic E-state index is 9.40. The summed E-state index contributed by atoms with van der Waals surface area (Å²) in [7, 11) is 0. The van der Waals surface area contributed by atoms with Crippen molar-refractivity contribution in [2.75, 3.05) is 0 Å². The zero-order valence-corrected chi connectivity index (χ0v) is 13.5. The van der Waals surface area contributed by atoms with Crippen molar-refractivity contribution in [3.63, 3.8) is 0 Å². The average Bonchev–Trinajstić information content (AvgIpc) is 2.22. The van der Waals surface area contributed by atoms with Crippen LogP contribution >= 0.6 is 0 Å². The second kappa shape index (κ2) is 8.41. The number of rotatable bonds is 8. The summed E-state index contributed by atoms with van der Waals surface area (Å²) in [6.45, 7) is 8.48. The van der Waals surface area contributed by atoms with E-state index >= 15 is 0 Å². The number of hydrogen-bond acceptors (Lipinski definition) is 2. The van der Waals surface area contributed by atoms with Crippen molar-refractivity contribution in [2.45, 2.75) is 68.4 Å². The van der Waals surface area contributed by atoms with Crippen molar-refractivity contribution < 1.29 is 3.07 Å². The first-order valence-corrected chi connectivity index (χ1v) is 12.8. The monoisotopic (exact) mass is 319 g/mol. The van der Waals surface area contributed by atoms with Crippen LogP contribution < -0.4 is 0 Å². The van der Waals surface area contributed by atoms with E-state index < -0.39 is 18.8 Å². The average molecular weight is 318 g/mol. The number of unbranched alkanes of at least 4 members (excludes halogenated alkanes) is 2. The number of hydrogen-bond donors (Lipinski definition) is 0. The summed E-state index contributed by atoms with van der Waals surface area (Å²) >= 11 is -2.86. The maximum absolute atomic E-state index is 9.40. The topological polar surface area (TPSA) is 33.0 Å². The van der Waals surface area contributed by atoms with E-state index in [4.69, 9.17) is 3.07 Å². The molecule has 0 N–H and O–H groups in total. The van der Waals surface area contributed by atoms with Crippen molar-refractivity contribution in [3.8, 4) is 4.09 Å². The second-order valence-corrected chi connectivity index (χ2v) is 14.3. The number of nitriles is 1. The Balaban J connectivity index is 4.39.